The summed E-state index contributed by atoms with van der Waals surface area (Å²) in [6, 6.07) is 11.5. The van der Waals surface area contributed by atoms with Crippen molar-refractivity contribution in [2.24, 2.45) is 7.05 Å². The molecule has 0 fully saturated rings. The molecular formula is C19H25N3O2. The molecule has 0 aliphatic carbocycles. The maximum absolute atomic E-state index is 12.3. The quantitative estimate of drug-likeness (QED) is 0.820. The minimum atomic E-state index is -0.0690. The normalized spacial score (nSPS) is 11.8. The molecule has 0 aliphatic heterocycles. The smallest absolute Gasteiger partial charge is 0.251 e. The first kappa shape index (κ1) is 17.8. The van der Waals surface area contributed by atoms with Crippen LogP contribution in [0.4, 0.5) is 0 Å². The number of carbonyl (C=O) groups is 2. The summed E-state index contributed by atoms with van der Waals surface area (Å²) < 4.78 is 2.10. The number of amides is 2. The van der Waals surface area contributed by atoms with Gasteiger partial charge in [-0.2, -0.15) is 0 Å². The Morgan fingerprint density at radius 2 is 1.88 bits per heavy atom. The van der Waals surface area contributed by atoms with Crippen LogP contribution in [-0.4, -0.2) is 22.4 Å². The van der Waals surface area contributed by atoms with Crippen LogP contribution >= 0.6 is 0 Å². The van der Waals surface area contributed by atoms with Gasteiger partial charge in [-0.05, 0) is 49.6 Å². The van der Waals surface area contributed by atoms with E-state index in [1.807, 2.05) is 38.4 Å². The average Bonchev–Trinajstić information content (AvgIpc) is 2.96. The summed E-state index contributed by atoms with van der Waals surface area (Å²) in [5.41, 5.74) is 2.87. The fraction of sp³-hybridized carbons (Fsp3) is 0.368. The summed E-state index contributed by atoms with van der Waals surface area (Å²) >= 11 is 0. The van der Waals surface area contributed by atoms with Crippen LogP contribution in [0.25, 0.3) is 0 Å². The lowest BCUT2D eigenvalue weighted by atomic mass is 10.1. The third-order valence-corrected chi connectivity index (χ3v) is 4.02. The summed E-state index contributed by atoms with van der Waals surface area (Å²) in [7, 11) is 2.03. The number of carbonyl (C=O) groups excluding carboxylic acids is 2. The molecule has 2 rings (SSSR count). The van der Waals surface area contributed by atoms with Gasteiger partial charge in [0, 0.05) is 44.0 Å². The van der Waals surface area contributed by atoms with Crippen LogP contribution in [0.3, 0.4) is 0 Å². The third kappa shape index (κ3) is 5.26. The van der Waals surface area contributed by atoms with Crippen LogP contribution in [0.2, 0.25) is 0 Å². The number of benzene rings is 1. The SMILES string of the molecule is CC(=O)NCc1ccc(C(=O)NC(C)CCc2cccn2C)cc1. The molecule has 24 heavy (non-hydrogen) atoms. The highest BCUT2D eigenvalue weighted by Crippen LogP contribution is 2.08. The molecule has 1 heterocycles. The number of aryl methyl sites for hydroxylation is 2. The van der Waals surface area contributed by atoms with Gasteiger partial charge in [-0.25, -0.2) is 0 Å². The maximum Gasteiger partial charge on any atom is 0.251 e. The third-order valence-electron chi connectivity index (χ3n) is 4.02. The number of nitrogens with zero attached hydrogens (tertiary/aromatic N) is 1. The van der Waals surface area contributed by atoms with Crippen molar-refractivity contribution in [1.82, 2.24) is 15.2 Å². The van der Waals surface area contributed by atoms with Gasteiger partial charge in [0.15, 0.2) is 0 Å². The number of rotatable bonds is 7. The zero-order valence-corrected chi connectivity index (χ0v) is 14.5. The molecule has 1 atom stereocenters. The fourth-order valence-corrected chi connectivity index (χ4v) is 2.50. The van der Waals surface area contributed by atoms with Crippen LogP contribution in [-0.2, 0) is 24.8 Å². The lowest BCUT2D eigenvalue weighted by Crippen LogP contribution is -2.33. The van der Waals surface area contributed by atoms with Gasteiger partial charge in [0.2, 0.25) is 5.91 Å². The summed E-state index contributed by atoms with van der Waals surface area (Å²) in [4.78, 5) is 23.2. The van der Waals surface area contributed by atoms with Crippen LogP contribution in [0.1, 0.15) is 41.9 Å². The van der Waals surface area contributed by atoms with Gasteiger partial charge >= 0.3 is 0 Å². The van der Waals surface area contributed by atoms with Gasteiger partial charge in [0.25, 0.3) is 5.91 Å². The molecule has 1 aromatic carbocycles. The van der Waals surface area contributed by atoms with Crippen LogP contribution in [0.5, 0.6) is 0 Å². The molecule has 0 spiro atoms. The Balaban J connectivity index is 1.82. The Kier molecular flexibility index (Phi) is 6.18. The van der Waals surface area contributed by atoms with E-state index in [9.17, 15) is 9.59 Å². The number of aromatic nitrogens is 1. The van der Waals surface area contributed by atoms with Gasteiger partial charge in [-0.15, -0.1) is 0 Å². The van der Waals surface area contributed by atoms with Gasteiger partial charge in [0.1, 0.15) is 0 Å². The molecule has 1 unspecified atom stereocenters. The first-order valence-corrected chi connectivity index (χ1v) is 8.20. The van der Waals surface area contributed by atoms with Crippen LogP contribution in [0, 0.1) is 0 Å². The van der Waals surface area contributed by atoms with Crippen LogP contribution < -0.4 is 10.6 Å². The fourth-order valence-electron chi connectivity index (χ4n) is 2.50. The Labute approximate surface area is 143 Å². The van der Waals surface area contributed by atoms with Crippen molar-refractivity contribution >= 4 is 11.8 Å². The van der Waals surface area contributed by atoms with E-state index in [1.54, 1.807) is 12.1 Å². The molecular weight excluding hydrogens is 302 g/mol. The molecule has 0 bridgehead atoms. The van der Waals surface area contributed by atoms with E-state index in [2.05, 4.69) is 21.3 Å². The van der Waals surface area contributed by atoms with Crippen molar-refractivity contribution in [3.63, 3.8) is 0 Å². The van der Waals surface area contributed by atoms with E-state index >= 15 is 0 Å². The van der Waals surface area contributed by atoms with Crippen molar-refractivity contribution in [1.29, 1.82) is 0 Å². The molecule has 1 aromatic heterocycles. The highest BCUT2D eigenvalue weighted by Gasteiger charge is 2.10. The summed E-state index contributed by atoms with van der Waals surface area (Å²) in [5, 5.41) is 5.77. The van der Waals surface area contributed by atoms with E-state index in [0.29, 0.717) is 12.1 Å². The maximum atomic E-state index is 12.3. The van der Waals surface area contributed by atoms with E-state index in [0.717, 1.165) is 18.4 Å². The molecule has 2 N–H and O–H groups in total. The van der Waals surface area contributed by atoms with Crippen molar-refractivity contribution in [3.8, 4) is 0 Å². The predicted molar refractivity (Wildman–Crippen MR) is 94.6 cm³/mol. The molecule has 0 saturated heterocycles. The van der Waals surface area contributed by atoms with Crippen molar-refractivity contribution in [2.45, 2.75) is 39.3 Å². The molecule has 2 amide bonds. The highest BCUT2D eigenvalue weighted by atomic mass is 16.2. The number of hydrogen-bond donors (Lipinski definition) is 2. The highest BCUT2D eigenvalue weighted by molar-refractivity contribution is 5.94. The summed E-state index contributed by atoms with van der Waals surface area (Å²) in [5.74, 6) is -0.135. The Morgan fingerprint density at radius 1 is 1.17 bits per heavy atom. The van der Waals surface area contributed by atoms with Gasteiger partial charge in [-0.3, -0.25) is 9.59 Å². The topological polar surface area (TPSA) is 63.1 Å². The largest absolute Gasteiger partial charge is 0.354 e. The predicted octanol–water partition coefficient (Wildman–Crippen LogP) is 2.41. The van der Waals surface area contributed by atoms with Crippen molar-refractivity contribution in [2.75, 3.05) is 0 Å². The second-order valence-corrected chi connectivity index (χ2v) is 6.13. The first-order chi connectivity index (χ1) is 11.5. The molecule has 0 radical (unpaired) electrons. The Morgan fingerprint density at radius 3 is 2.46 bits per heavy atom. The van der Waals surface area contributed by atoms with E-state index < -0.39 is 0 Å². The zero-order valence-electron chi connectivity index (χ0n) is 14.5. The van der Waals surface area contributed by atoms with Crippen molar-refractivity contribution in [3.05, 3.63) is 59.4 Å². The second-order valence-electron chi connectivity index (χ2n) is 6.13. The minimum Gasteiger partial charge on any atom is -0.354 e. The van der Waals surface area contributed by atoms with Crippen molar-refractivity contribution < 1.29 is 9.59 Å². The molecule has 5 nitrogen and oxygen atoms in total. The standard InChI is InChI=1S/C19H25N3O2/c1-14(6-11-18-5-4-12-22(18)3)21-19(24)17-9-7-16(8-10-17)13-20-15(2)23/h4-5,7-10,12,14H,6,11,13H2,1-3H3,(H,20,23)(H,21,24). The lowest BCUT2D eigenvalue weighted by Gasteiger charge is -2.14. The molecule has 0 saturated carbocycles. The monoisotopic (exact) mass is 327 g/mol. The zero-order chi connectivity index (χ0) is 17.5. The van der Waals surface area contributed by atoms with Gasteiger partial charge < -0.3 is 15.2 Å². The molecule has 0 aliphatic rings. The van der Waals surface area contributed by atoms with E-state index in [-0.39, 0.29) is 17.9 Å². The first-order valence-electron chi connectivity index (χ1n) is 8.20. The van der Waals surface area contributed by atoms with E-state index in [1.165, 1.54) is 12.6 Å². The summed E-state index contributed by atoms with van der Waals surface area (Å²) in [6.45, 7) is 3.98. The van der Waals surface area contributed by atoms with Crippen LogP contribution in [0.15, 0.2) is 42.6 Å². The average molecular weight is 327 g/mol. The van der Waals surface area contributed by atoms with E-state index in [4.69, 9.17) is 0 Å². The second kappa shape index (κ2) is 8.34. The summed E-state index contributed by atoms with van der Waals surface area (Å²) in [6.07, 6.45) is 3.85. The molecule has 2 aromatic rings. The Hall–Kier alpha value is -2.56. The van der Waals surface area contributed by atoms with Gasteiger partial charge in [0.05, 0.1) is 0 Å². The molecule has 5 heteroatoms. The van der Waals surface area contributed by atoms with Gasteiger partial charge in [-0.1, -0.05) is 12.1 Å². The Bertz CT molecular complexity index is 689. The number of hydrogen-bond acceptors (Lipinski definition) is 2. The number of nitrogens with one attached hydrogen (secondary N) is 2. The molecule has 128 valence electrons. The minimum absolute atomic E-state index is 0.0659. The lowest BCUT2D eigenvalue weighted by molar-refractivity contribution is -0.119.